The van der Waals surface area contributed by atoms with Gasteiger partial charge in [0.2, 0.25) is 0 Å². The first-order valence-corrected chi connectivity index (χ1v) is 8.00. The highest BCUT2D eigenvalue weighted by Gasteiger charge is 2.30. The number of rotatable bonds is 3. The maximum Gasteiger partial charge on any atom is 0.319 e. The third-order valence-electron chi connectivity index (χ3n) is 3.97. The number of phenolic OH excluding ortho intramolecular Hbond substituents is 1. The van der Waals surface area contributed by atoms with E-state index in [1.165, 1.54) is 5.56 Å². The number of carbonyl (C=O) groups is 1. The molecule has 0 aliphatic carbocycles. The fourth-order valence-electron chi connectivity index (χ4n) is 2.57. The normalized spacial score (nSPS) is 17.7. The lowest BCUT2D eigenvalue weighted by atomic mass is 9.95. The van der Waals surface area contributed by atoms with Gasteiger partial charge >= 0.3 is 5.97 Å². The molecule has 20 heavy (non-hydrogen) atoms. The van der Waals surface area contributed by atoms with E-state index in [2.05, 4.69) is 0 Å². The van der Waals surface area contributed by atoms with Crippen LogP contribution in [0.5, 0.6) is 5.75 Å². The Hall–Kier alpha value is -1.16. The standard InChI is InChI=1S/C16H22O3S/c1-5-8-19-16(18)13-7-6-12-11(4)14(17)9(2)10(3)15(12)20-13/h13,17H,5-8H2,1-4H3. The van der Waals surface area contributed by atoms with Crippen molar-refractivity contribution in [3.05, 3.63) is 22.3 Å². The predicted octanol–water partition coefficient (Wildman–Crippen LogP) is 3.68. The van der Waals surface area contributed by atoms with Gasteiger partial charge in [0.05, 0.1) is 6.61 Å². The molecule has 110 valence electrons. The summed E-state index contributed by atoms with van der Waals surface area (Å²) in [7, 11) is 0. The monoisotopic (exact) mass is 294 g/mol. The quantitative estimate of drug-likeness (QED) is 0.864. The number of carbonyl (C=O) groups excluding carboxylic acids is 1. The molecule has 0 saturated carbocycles. The lowest BCUT2D eigenvalue weighted by Gasteiger charge is -2.27. The Morgan fingerprint density at radius 3 is 2.65 bits per heavy atom. The second-order valence-corrected chi connectivity index (χ2v) is 6.56. The Balaban J connectivity index is 2.28. The van der Waals surface area contributed by atoms with Gasteiger partial charge in [0, 0.05) is 4.90 Å². The molecular formula is C16H22O3S. The van der Waals surface area contributed by atoms with E-state index in [1.54, 1.807) is 11.8 Å². The molecule has 1 heterocycles. The molecule has 0 fully saturated rings. The first-order valence-electron chi connectivity index (χ1n) is 7.12. The summed E-state index contributed by atoms with van der Waals surface area (Å²) in [5.74, 6) is 0.291. The topological polar surface area (TPSA) is 46.5 Å². The molecule has 0 bridgehead atoms. The van der Waals surface area contributed by atoms with E-state index >= 15 is 0 Å². The highest BCUT2D eigenvalue weighted by Crippen LogP contribution is 2.44. The first kappa shape index (κ1) is 15.2. The van der Waals surface area contributed by atoms with Crippen LogP contribution < -0.4 is 0 Å². The van der Waals surface area contributed by atoms with E-state index in [9.17, 15) is 9.90 Å². The van der Waals surface area contributed by atoms with Crippen LogP contribution in [0.3, 0.4) is 0 Å². The third kappa shape index (κ3) is 2.66. The summed E-state index contributed by atoms with van der Waals surface area (Å²) in [4.78, 5) is 13.2. The molecule has 1 aromatic rings. The number of thioether (sulfide) groups is 1. The Morgan fingerprint density at radius 1 is 1.30 bits per heavy atom. The van der Waals surface area contributed by atoms with Crippen molar-refractivity contribution in [2.75, 3.05) is 6.61 Å². The van der Waals surface area contributed by atoms with E-state index in [4.69, 9.17) is 4.74 Å². The summed E-state index contributed by atoms with van der Waals surface area (Å²) >= 11 is 1.59. The van der Waals surface area contributed by atoms with Crippen LogP contribution in [-0.2, 0) is 16.0 Å². The van der Waals surface area contributed by atoms with Crippen LogP contribution in [0.25, 0.3) is 0 Å². The molecule has 4 heteroatoms. The van der Waals surface area contributed by atoms with Crippen LogP contribution in [0.1, 0.15) is 42.0 Å². The maximum atomic E-state index is 12.0. The van der Waals surface area contributed by atoms with Crippen LogP contribution >= 0.6 is 11.8 Å². The molecular weight excluding hydrogens is 272 g/mol. The minimum Gasteiger partial charge on any atom is -0.507 e. The minimum absolute atomic E-state index is 0.106. The summed E-state index contributed by atoms with van der Waals surface area (Å²) < 4.78 is 5.26. The molecule has 1 aliphatic rings. The van der Waals surface area contributed by atoms with E-state index in [0.29, 0.717) is 12.4 Å². The maximum absolute atomic E-state index is 12.0. The zero-order valence-electron chi connectivity index (χ0n) is 12.6. The molecule has 2 rings (SSSR count). The molecule has 1 unspecified atom stereocenters. The smallest absolute Gasteiger partial charge is 0.319 e. The van der Waals surface area contributed by atoms with Gasteiger partial charge in [-0.05, 0) is 62.3 Å². The minimum atomic E-state index is -0.115. The number of hydrogen-bond donors (Lipinski definition) is 1. The van der Waals surface area contributed by atoms with Crippen molar-refractivity contribution in [2.24, 2.45) is 0 Å². The van der Waals surface area contributed by atoms with Crippen molar-refractivity contribution in [1.29, 1.82) is 0 Å². The summed E-state index contributed by atoms with van der Waals surface area (Å²) in [5.41, 5.74) is 4.14. The molecule has 1 aromatic carbocycles. The van der Waals surface area contributed by atoms with E-state index in [1.807, 2.05) is 27.7 Å². The third-order valence-corrected chi connectivity index (χ3v) is 5.47. The average molecular weight is 294 g/mol. The average Bonchev–Trinajstić information content (AvgIpc) is 2.47. The van der Waals surface area contributed by atoms with Crippen molar-refractivity contribution < 1.29 is 14.6 Å². The zero-order chi connectivity index (χ0) is 14.9. The highest BCUT2D eigenvalue weighted by atomic mass is 32.2. The number of benzene rings is 1. The predicted molar refractivity (Wildman–Crippen MR) is 81.5 cm³/mol. The van der Waals surface area contributed by atoms with Gasteiger partial charge in [0.15, 0.2) is 0 Å². The number of ether oxygens (including phenoxy) is 1. The molecule has 1 N–H and O–H groups in total. The van der Waals surface area contributed by atoms with Gasteiger partial charge in [-0.1, -0.05) is 6.92 Å². The first-order chi connectivity index (χ1) is 9.47. The molecule has 3 nitrogen and oxygen atoms in total. The van der Waals surface area contributed by atoms with Crippen molar-refractivity contribution in [3.63, 3.8) is 0 Å². The van der Waals surface area contributed by atoms with Crippen molar-refractivity contribution in [1.82, 2.24) is 0 Å². The van der Waals surface area contributed by atoms with Gasteiger partial charge < -0.3 is 9.84 Å². The Kier molecular flexibility index (Phi) is 4.63. The highest BCUT2D eigenvalue weighted by molar-refractivity contribution is 8.00. The van der Waals surface area contributed by atoms with Crippen LogP contribution in [-0.4, -0.2) is 22.9 Å². The lowest BCUT2D eigenvalue weighted by molar-refractivity contribution is -0.143. The molecule has 0 aromatic heterocycles. The van der Waals surface area contributed by atoms with Crippen molar-refractivity contribution in [3.8, 4) is 5.75 Å². The Bertz CT molecular complexity index is 537. The number of fused-ring (bicyclic) bond motifs is 1. The van der Waals surface area contributed by atoms with Gasteiger partial charge in [0.1, 0.15) is 11.0 Å². The van der Waals surface area contributed by atoms with E-state index in [-0.39, 0.29) is 11.2 Å². The summed E-state index contributed by atoms with van der Waals surface area (Å²) in [5, 5.41) is 10.0. The molecule has 1 aliphatic heterocycles. The largest absolute Gasteiger partial charge is 0.507 e. The lowest BCUT2D eigenvalue weighted by Crippen LogP contribution is -2.25. The Labute approximate surface area is 124 Å². The van der Waals surface area contributed by atoms with Gasteiger partial charge in [-0.15, -0.1) is 11.8 Å². The molecule has 0 saturated heterocycles. The number of esters is 1. The molecule has 1 atom stereocenters. The SMILES string of the molecule is CCCOC(=O)C1CCc2c(C)c(O)c(C)c(C)c2S1. The van der Waals surface area contributed by atoms with E-state index in [0.717, 1.165) is 40.8 Å². The zero-order valence-corrected chi connectivity index (χ0v) is 13.4. The van der Waals surface area contributed by atoms with Crippen LogP contribution in [0.15, 0.2) is 4.90 Å². The number of aromatic hydroxyl groups is 1. The van der Waals surface area contributed by atoms with Gasteiger partial charge in [0.25, 0.3) is 0 Å². The van der Waals surface area contributed by atoms with Crippen LogP contribution in [0.4, 0.5) is 0 Å². The van der Waals surface area contributed by atoms with Crippen molar-refractivity contribution >= 4 is 17.7 Å². The molecule has 0 amide bonds. The van der Waals surface area contributed by atoms with E-state index < -0.39 is 0 Å². The number of phenols is 1. The summed E-state index contributed by atoms with van der Waals surface area (Å²) in [6.45, 7) is 8.39. The molecule has 0 spiro atoms. The molecule has 0 radical (unpaired) electrons. The second kappa shape index (κ2) is 6.08. The fraction of sp³-hybridized carbons (Fsp3) is 0.562. The van der Waals surface area contributed by atoms with Gasteiger partial charge in [-0.25, -0.2) is 0 Å². The Morgan fingerprint density at radius 2 is 2.00 bits per heavy atom. The van der Waals surface area contributed by atoms with Crippen molar-refractivity contribution in [2.45, 2.75) is 57.1 Å². The van der Waals surface area contributed by atoms with Gasteiger partial charge in [-0.3, -0.25) is 4.79 Å². The second-order valence-electron chi connectivity index (χ2n) is 5.34. The van der Waals surface area contributed by atoms with Crippen LogP contribution in [0, 0.1) is 20.8 Å². The summed E-state index contributed by atoms with van der Waals surface area (Å²) in [6, 6.07) is 0. The fourth-order valence-corrected chi connectivity index (χ4v) is 3.98. The number of hydrogen-bond acceptors (Lipinski definition) is 4. The summed E-state index contributed by atoms with van der Waals surface area (Å²) in [6.07, 6.45) is 2.46. The van der Waals surface area contributed by atoms with Crippen LogP contribution in [0.2, 0.25) is 0 Å². The van der Waals surface area contributed by atoms with Gasteiger partial charge in [-0.2, -0.15) is 0 Å².